The summed E-state index contributed by atoms with van der Waals surface area (Å²) in [6.07, 6.45) is 0. The van der Waals surface area contributed by atoms with E-state index in [0.29, 0.717) is 25.3 Å². The Morgan fingerprint density at radius 1 is 0.853 bits per heavy atom. The highest BCUT2D eigenvalue weighted by Crippen LogP contribution is 2.37. The van der Waals surface area contributed by atoms with E-state index in [1.807, 2.05) is 78.9 Å². The highest BCUT2D eigenvalue weighted by atomic mass is 16.5. The van der Waals surface area contributed by atoms with E-state index in [0.717, 1.165) is 47.0 Å². The van der Waals surface area contributed by atoms with Gasteiger partial charge in [-0.1, -0.05) is 48.5 Å². The van der Waals surface area contributed by atoms with Crippen molar-refractivity contribution in [2.75, 3.05) is 48.8 Å². The third-order valence-electron chi connectivity index (χ3n) is 5.89. The number of carbonyl (C=O) groups is 2. The van der Waals surface area contributed by atoms with Gasteiger partial charge in [0.1, 0.15) is 0 Å². The van der Waals surface area contributed by atoms with Gasteiger partial charge in [-0.3, -0.25) is 14.5 Å². The molecule has 0 bridgehead atoms. The summed E-state index contributed by atoms with van der Waals surface area (Å²) in [5, 5.41) is 9.34. The quantitative estimate of drug-likeness (QED) is 0.493. The molecule has 2 heterocycles. The van der Waals surface area contributed by atoms with Gasteiger partial charge < -0.3 is 20.7 Å². The van der Waals surface area contributed by atoms with Crippen molar-refractivity contribution in [3.05, 3.63) is 90.0 Å². The molecular weight excluding hydrogens is 428 g/mol. The van der Waals surface area contributed by atoms with Crippen LogP contribution in [0, 0.1) is 0 Å². The monoisotopic (exact) mass is 454 g/mol. The smallest absolute Gasteiger partial charge is 0.258 e. The van der Waals surface area contributed by atoms with Crippen LogP contribution in [0.15, 0.2) is 78.9 Å². The van der Waals surface area contributed by atoms with E-state index in [1.54, 1.807) is 0 Å². The molecule has 3 N–H and O–H groups in total. The molecule has 7 nitrogen and oxygen atoms in total. The topological polar surface area (TPSA) is 82.7 Å². The molecule has 0 spiro atoms. The number of anilines is 3. The lowest BCUT2D eigenvalue weighted by Gasteiger charge is -2.25. The van der Waals surface area contributed by atoms with Crippen molar-refractivity contribution in [1.82, 2.24) is 4.90 Å². The number of nitrogens with zero attached hydrogens (tertiary/aromatic N) is 1. The minimum Gasteiger partial charge on any atom is -0.379 e. The van der Waals surface area contributed by atoms with E-state index in [1.165, 1.54) is 0 Å². The lowest BCUT2D eigenvalue weighted by atomic mass is 10.00. The van der Waals surface area contributed by atoms with Crippen LogP contribution in [0.1, 0.15) is 11.1 Å². The number of ether oxygens (including phenoxy) is 1. The predicted octanol–water partition coefficient (Wildman–Crippen LogP) is 3.89. The summed E-state index contributed by atoms with van der Waals surface area (Å²) in [5.41, 5.74) is 5.45. The Morgan fingerprint density at radius 3 is 2.24 bits per heavy atom. The minimum atomic E-state index is -0.139. The summed E-state index contributed by atoms with van der Waals surface area (Å²) in [6.45, 7) is 3.21. The molecule has 7 heteroatoms. The summed E-state index contributed by atoms with van der Waals surface area (Å²) in [5.74, 6) is -0.187. The molecule has 34 heavy (non-hydrogen) atoms. The minimum absolute atomic E-state index is 0.0473. The van der Waals surface area contributed by atoms with Crippen LogP contribution in [-0.2, 0) is 14.3 Å². The van der Waals surface area contributed by atoms with E-state index in [4.69, 9.17) is 4.74 Å². The van der Waals surface area contributed by atoms with Crippen molar-refractivity contribution in [2.45, 2.75) is 0 Å². The summed E-state index contributed by atoms with van der Waals surface area (Å²) < 4.78 is 5.33. The van der Waals surface area contributed by atoms with Gasteiger partial charge in [0.25, 0.3) is 5.91 Å². The predicted molar refractivity (Wildman–Crippen MR) is 134 cm³/mol. The molecule has 0 radical (unpaired) electrons. The number of amides is 2. The highest BCUT2D eigenvalue weighted by Gasteiger charge is 2.28. The number of morpholine rings is 1. The van der Waals surface area contributed by atoms with Gasteiger partial charge in [-0.25, -0.2) is 0 Å². The second-order valence-electron chi connectivity index (χ2n) is 8.25. The summed E-state index contributed by atoms with van der Waals surface area (Å²) in [7, 11) is 0. The third kappa shape index (κ3) is 4.85. The van der Waals surface area contributed by atoms with Crippen molar-refractivity contribution in [2.24, 2.45) is 0 Å². The standard InChI is InChI=1S/C27H26N4O3/c32-24(18-31-14-16-34-17-15-31)28-20-10-12-21(13-11-20)29-26(19-6-2-1-3-7-19)25-22-8-4-5-9-23(22)30-27(25)33/h1-13,29H,14-18H2,(H,28,32)(H,30,33). The number of hydrogen-bond donors (Lipinski definition) is 3. The first-order valence-electron chi connectivity index (χ1n) is 11.3. The average Bonchev–Trinajstić information content (AvgIpc) is 3.20. The van der Waals surface area contributed by atoms with E-state index in [-0.39, 0.29) is 11.8 Å². The average molecular weight is 455 g/mol. The third-order valence-corrected chi connectivity index (χ3v) is 5.89. The maximum Gasteiger partial charge on any atom is 0.258 e. The first-order valence-corrected chi connectivity index (χ1v) is 11.3. The first-order chi connectivity index (χ1) is 16.7. The van der Waals surface area contributed by atoms with Crippen molar-refractivity contribution < 1.29 is 14.3 Å². The molecule has 0 saturated carbocycles. The van der Waals surface area contributed by atoms with Gasteiger partial charge in [-0.05, 0) is 35.9 Å². The van der Waals surface area contributed by atoms with Gasteiger partial charge in [0, 0.05) is 35.7 Å². The van der Waals surface area contributed by atoms with Crippen LogP contribution >= 0.6 is 0 Å². The SMILES string of the molecule is O=C(CN1CCOCC1)Nc1ccc(NC(=C2C(=O)Nc3ccccc32)c2ccccc2)cc1. The van der Waals surface area contributed by atoms with Crippen LogP contribution in [0.25, 0.3) is 11.3 Å². The molecule has 3 aromatic carbocycles. The fourth-order valence-corrected chi connectivity index (χ4v) is 4.19. The Bertz CT molecular complexity index is 1220. The van der Waals surface area contributed by atoms with Crippen LogP contribution in [0.2, 0.25) is 0 Å². The number of hydrogen-bond acceptors (Lipinski definition) is 5. The first kappa shape index (κ1) is 21.9. The van der Waals surface area contributed by atoms with Crippen LogP contribution in [0.3, 0.4) is 0 Å². The van der Waals surface area contributed by atoms with Crippen LogP contribution in [0.4, 0.5) is 17.1 Å². The van der Waals surface area contributed by atoms with E-state index >= 15 is 0 Å². The Labute approximate surface area is 198 Å². The van der Waals surface area contributed by atoms with Gasteiger partial charge >= 0.3 is 0 Å². The number of benzene rings is 3. The largest absolute Gasteiger partial charge is 0.379 e. The number of para-hydroxylation sites is 1. The number of rotatable bonds is 6. The normalized spacial score (nSPS) is 17.0. The zero-order valence-electron chi connectivity index (χ0n) is 18.7. The van der Waals surface area contributed by atoms with Crippen molar-refractivity contribution in [1.29, 1.82) is 0 Å². The second kappa shape index (κ2) is 9.91. The second-order valence-corrected chi connectivity index (χ2v) is 8.25. The Balaban J connectivity index is 1.37. The molecule has 3 aromatic rings. The van der Waals surface area contributed by atoms with Crippen LogP contribution in [0.5, 0.6) is 0 Å². The Morgan fingerprint density at radius 2 is 1.50 bits per heavy atom. The zero-order chi connectivity index (χ0) is 23.3. The van der Waals surface area contributed by atoms with Crippen molar-refractivity contribution >= 4 is 40.1 Å². The van der Waals surface area contributed by atoms with Crippen molar-refractivity contribution in [3.8, 4) is 0 Å². The summed E-state index contributed by atoms with van der Waals surface area (Å²) in [4.78, 5) is 27.4. The molecular formula is C27H26N4O3. The fourth-order valence-electron chi connectivity index (χ4n) is 4.19. The van der Waals surface area contributed by atoms with Gasteiger partial charge in [0.05, 0.1) is 31.0 Å². The Kier molecular flexibility index (Phi) is 6.38. The van der Waals surface area contributed by atoms with Gasteiger partial charge in [-0.15, -0.1) is 0 Å². The van der Waals surface area contributed by atoms with E-state index < -0.39 is 0 Å². The number of nitrogens with one attached hydrogen (secondary N) is 3. The Hall–Kier alpha value is -3.94. The molecule has 1 fully saturated rings. The summed E-state index contributed by atoms with van der Waals surface area (Å²) >= 11 is 0. The van der Waals surface area contributed by atoms with Crippen LogP contribution in [-0.4, -0.2) is 49.6 Å². The van der Waals surface area contributed by atoms with Gasteiger partial charge in [-0.2, -0.15) is 0 Å². The van der Waals surface area contributed by atoms with Gasteiger partial charge in [0.2, 0.25) is 5.91 Å². The fraction of sp³-hybridized carbons (Fsp3) is 0.185. The molecule has 172 valence electrons. The molecule has 0 unspecified atom stereocenters. The van der Waals surface area contributed by atoms with Gasteiger partial charge in [0.15, 0.2) is 0 Å². The van der Waals surface area contributed by atoms with Crippen molar-refractivity contribution in [3.63, 3.8) is 0 Å². The number of fused-ring (bicyclic) bond motifs is 1. The molecule has 0 aliphatic carbocycles. The van der Waals surface area contributed by atoms with Crippen LogP contribution < -0.4 is 16.0 Å². The molecule has 0 aromatic heterocycles. The number of carbonyl (C=O) groups excluding carboxylic acids is 2. The maximum absolute atomic E-state index is 12.9. The molecule has 2 aliphatic rings. The zero-order valence-corrected chi connectivity index (χ0v) is 18.7. The van der Waals surface area contributed by atoms with E-state index in [2.05, 4.69) is 20.9 Å². The molecule has 2 aliphatic heterocycles. The molecule has 2 amide bonds. The highest BCUT2D eigenvalue weighted by molar-refractivity contribution is 6.37. The summed E-state index contributed by atoms with van der Waals surface area (Å²) in [6, 6.07) is 25.0. The maximum atomic E-state index is 12.9. The molecule has 5 rings (SSSR count). The van der Waals surface area contributed by atoms with E-state index in [9.17, 15) is 9.59 Å². The molecule has 0 atom stereocenters. The lowest BCUT2D eigenvalue weighted by molar-refractivity contribution is -0.118. The lowest BCUT2D eigenvalue weighted by Crippen LogP contribution is -2.41. The molecule has 1 saturated heterocycles.